The average Bonchev–Trinajstić information content (AvgIpc) is 3.64. The molecule has 4 aromatic carbocycles. The highest BCUT2D eigenvalue weighted by Crippen LogP contribution is 2.28. The van der Waals surface area contributed by atoms with Crippen molar-refractivity contribution in [2.45, 2.75) is 40.2 Å². The van der Waals surface area contributed by atoms with Crippen molar-refractivity contribution < 1.29 is 4.79 Å². The number of carbonyl (C=O) groups excluding carboxylic acids is 1. The van der Waals surface area contributed by atoms with Crippen LogP contribution in [0.1, 0.15) is 42.0 Å². The molecule has 1 N–H and O–H groups in total. The number of anilines is 2. The van der Waals surface area contributed by atoms with Gasteiger partial charge in [-0.05, 0) is 76.8 Å². The average molecular weight is 652 g/mol. The SMILES string of the molecule is CC.CN(C)C1CCN(C(=O)c2ccc(Nc3nc(-c4ccccc4)nc4ccccc34)cc2)C1.Cc1cc(C)nc(-c2ccccc2)n1. The van der Waals surface area contributed by atoms with E-state index in [0.29, 0.717) is 17.4 Å². The molecule has 0 aliphatic carbocycles. The largest absolute Gasteiger partial charge is 0.340 e. The summed E-state index contributed by atoms with van der Waals surface area (Å²) < 4.78 is 0. The van der Waals surface area contributed by atoms with Crippen molar-refractivity contribution in [2.24, 2.45) is 0 Å². The van der Waals surface area contributed by atoms with Gasteiger partial charge in [0.05, 0.1) is 5.52 Å². The number of likely N-dealkylation sites (tertiary alicyclic amines) is 1. The smallest absolute Gasteiger partial charge is 0.253 e. The van der Waals surface area contributed by atoms with Gasteiger partial charge in [0, 0.05) is 58.3 Å². The first-order valence-corrected chi connectivity index (χ1v) is 16.9. The van der Waals surface area contributed by atoms with Crippen LogP contribution in [0.3, 0.4) is 0 Å². The Bertz CT molecular complexity index is 1940. The van der Waals surface area contributed by atoms with E-state index in [0.717, 1.165) is 70.3 Å². The number of nitrogens with zero attached hydrogens (tertiary/aromatic N) is 6. The van der Waals surface area contributed by atoms with Gasteiger partial charge in [-0.1, -0.05) is 86.6 Å². The lowest BCUT2D eigenvalue weighted by Gasteiger charge is -2.20. The zero-order valence-corrected chi connectivity index (χ0v) is 29.3. The quantitative estimate of drug-likeness (QED) is 0.193. The van der Waals surface area contributed by atoms with Crippen LogP contribution in [-0.2, 0) is 0 Å². The van der Waals surface area contributed by atoms with Gasteiger partial charge in [-0.2, -0.15) is 0 Å². The molecule has 0 bridgehead atoms. The molecule has 1 saturated heterocycles. The van der Waals surface area contributed by atoms with Crippen LogP contribution in [0.2, 0.25) is 0 Å². The standard InChI is InChI=1S/C27H27N5O.C12H12N2.C2H6/c1-31(2)22-16-17-32(18-22)27(33)20-12-14-21(15-13-20)28-26-23-10-6-7-11-24(23)29-25(30-26)19-8-4-3-5-9-19;1-9-8-10(2)14-12(13-9)11-6-4-3-5-7-11;1-2/h3-15,22H,16-18H2,1-2H3,(H,28,29,30);3-8H,1-2H3;1-2H3. The lowest BCUT2D eigenvalue weighted by Crippen LogP contribution is -2.34. The topological polar surface area (TPSA) is 87.1 Å². The molecule has 1 fully saturated rings. The maximum absolute atomic E-state index is 12.9. The summed E-state index contributed by atoms with van der Waals surface area (Å²) in [7, 11) is 4.14. The molecule has 0 saturated carbocycles. The summed E-state index contributed by atoms with van der Waals surface area (Å²) in [4.78, 5) is 35.4. The normalized spacial score (nSPS) is 13.7. The van der Waals surface area contributed by atoms with Crippen LogP contribution in [0.4, 0.5) is 11.5 Å². The fourth-order valence-corrected chi connectivity index (χ4v) is 5.69. The van der Waals surface area contributed by atoms with Crippen LogP contribution in [0.25, 0.3) is 33.7 Å². The lowest BCUT2D eigenvalue weighted by atomic mass is 10.1. The first-order valence-electron chi connectivity index (χ1n) is 16.9. The number of carbonyl (C=O) groups is 1. The highest BCUT2D eigenvalue weighted by atomic mass is 16.2. The summed E-state index contributed by atoms with van der Waals surface area (Å²) in [6.45, 7) is 9.56. The number of fused-ring (bicyclic) bond motifs is 1. The third kappa shape index (κ3) is 8.91. The van der Waals surface area contributed by atoms with Crippen LogP contribution in [0.15, 0.2) is 115 Å². The molecule has 1 aliphatic rings. The summed E-state index contributed by atoms with van der Waals surface area (Å²) >= 11 is 0. The van der Waals surface area contributed by atoms with Gasteiger partial charge in [0.25, 0.3) is 5.91 Å². The summed E-state index contributed by atoms with van der Waals surface area (Å²) in [6, 6.07) is 38.0. The number of hydrogen-bond acceptors (Lipinski definition) is 7. The summed E-state index contributed by atoms with van der Waals surface area (Å²) in [6.07, 6.45) is 1.02. The van der Waals surface area contributed by atoms with Crippen molar-refractivity contribution in [3.05, 3.63) is 132 Å². The van der Waals surface area contributed by atoms with Gasteiger partial charge in [-0.3, -0.25) is 4.79 Å². The van der Waals surface area contributed by atoms with Gasteiger partial charge >= 0.3 is 0 Å². The molecule has 49 heavy (non-hydrogen) atoms. The third-order valence-corrected chi connectivity index (χ3v) is 8.22. The van der Waals surface area contributed by atoms with Gasteiger partial charge < -0.3 is 15.1 Å². The molecule has 8 heteroatoms. The van der Waals surface area contributed by atoms with E-state index in [1.807, 2.05) is 148 Å². The molecule has 3 heterocycles. The number of aromatic nitrogens is 4. The first-order chi connectivity index (χ1) is 23.8. The van der Waals surface area contributed by atoms with Crippen molar-refractivity contribution in [1.82, 2.24) is 29.7 Å². The Morgan fingerprint density at radius 1 is 0.714 bits per heavy atom. The zero-order valence-electron chi connectivity index (χ0n) is 29.3. The molecule has 1 unspecified atom stereocenters. The molecule has 7 rings (SSSR count). The van der Waals surface area contributed by atoms with Crippen molar-refractivity contribution in [1.29, 1.82) is 0 Å². The second-order valence-electron chi connectivity index (χ2n) is 12.0. The fraction of sp³-hybridized carbons (Fsp3) is 0.244. The van der Waals surface area contributed by atoms with E-state index < -0.39 is 0 Å². The lowest BCUT2D eigenvalue weighted by molar-refractivity contribution is 0.0783. The second-order valence-corrected chi connectivity index (χ2v) is 12.0. The van der Waals surface area contributed by atoms with Gasteiger partial charge in [-0.15, -0.1) is 0 Å². The summed E-state index contributed by atoms with van der Waals surface area (Å²) in [5.74, 6) is 2.31. The molecular weight excluding hydrogens is 606 g/mol. The van der Waals surface area contributed by atoms with E-state index in [2.05, 4.69) is 34.3 Å². The number of rotatable bonds is 6. The molecule has 1 amide bonds. The molecular formula is C41H45N7O. The van der Waals surface area contributed by atoms with E-state index in [-0.39, 0.29) is 5.91 Å². The molecule has 6 aromatic rings. The van der Waals surface area contributed by atoms with Crippen LogP contribution >= 0.6 is 0 Å². The second kappa shape index (κ2) is 16.6. The van der Waals surface area contributed by atoms with Gasteiger partial charge in [0.2, 0.25) is 0 Å². The zero-order chi connectivity index (χ0) is 34.8. The fourth-order valence-electron chi connectivity index (χ4n) is 5.69. The number of benzene rings is 4. The third-order valence-electron chi connectivity index (χ3n) is 8.22. The first kappa shape index (κ1) is 34.9. The van der Waals surface area contributed by atoms with Crippen LogP contribution < -0.4 is 5.32 Å². The Labute approximate surface area is 289 Å². The number of para-hydroxylation sites is 1. The monoisotopic (exact) mass is 651 g/mol. The van der Waals surface area contributed by atoms with Crippen molar-refractivity contribution in [3.63, 3.8) is 0 Å². The van der Waals surface area contributed by atoms with Crippen LogP contribution in [0.5, 0.6) is 0 Å². The Morgan fingerprint density at radius 2 is 1.27 bits per heavy atom. The molecule has 0 radical (unpaired) electrons. The summed E-state index contributed by atoms with van der Waals surface area (Å²) in [5, 5.41) is 4.38. The molecule has 250 valence electrons. The molecule has 1 aliphatic heterocycles. The van der Waals surface area contributed by atoms with Crippen molar-refractivity contribution in [3.8, 4) is 22.8 Å². The van der Waals surface area contributed by atoms with Crippen LogP contribution in [0, 0.1) is 13.8 Å². The summed E-state index contributed by atoms with van der Waals surface area (Å²) in [5.41, 5.74) is 6.52. The maximum atomic E-state index is 12.9. The predicted molar refractivity (Wildman–Crippen MR) is 201 cm³/mol. The van der Waals surface area contributed by atoms with E-state index in [4.69, 9.17) is 9.97 Å². The molecule has 0 spiro atoms. The number of likely N-dealkylation sites (N-methyl/N-ethyl adjacent to an activating group) is 1. The molecule has 2 aromatic heterocycles. The minimum absolute atomic E-state index is 0.0877. The Hall–Kier alpha value is -5.47. The van der Waals surface area contributed by atoms with E-state index >= 15 is 0 Å². The minimum atomic E-state index is 0.0877. The van der Waals surface area contributed by atoms with E-state index in [1.165, 1.54) is 0 Å². The van der Waals surface area contributed by atoms with Gasteiger partial charge in [0.15, 0.2) is 11.6 Å². The van der Waals surface area contributed by atoms with E-state index in [1.54, 1.807) is 0 Å². The number of hydrogen-bond donors (Lipinski definition) is 1. The number of aryl methyl sites for hydroxylation is 2. The Balaban J connectivity index is 0.000000244. The minimum Gasteiger partial charge on any atom is -0.340 e. The Morgan fingerprint density at radius 3 is 1.84 bits per heavy atom. The van der Waals surface area contributed by atoms with Gasteiger partial charge in [-0.25, -0.2) is 19.9 Å². The maximum Gasteiger partial charge on any atom is 0.253 e. The predicted octanol–water partition coefficient (Wildman–Crippen LogP) is 8.60. The van der Waals surface area contributed by atoms with E-state index in [9.17, 15) is 4.79 Å². The van der Waals surface area contributed by atoms with Crippen LogP contribution in [-0.4, -0.2) is 68.9 Å². The Kier molecular flexibility index (Phi) is 11.8. The number of amides is 1. The molecule has 1 atom stereocenters. The number of nitrogens with one attached hydrogen (secondary N) is 1. The van der Waals surface area contributed by atoms with Gasteiger partial charge in [0.1, 0.15) is 5.82 Å². The molecule has 8 nitrogen and oxygen atoms in total. The highest BCUT2D eigenvalue weighted by Gasteiger charge is 2.28. The van der Waals surface area contributed by atoms with Crippen molar-refractivity contribution in [2.75, 3.05) is 32.5 Å². The highest BCUT2D eigenvalue weighted by molar-refractivity contribution is 5.95. The van der Waals surface area contributed by atoms with Crippen molar-refractivity contribution >= 4 is 28.3 Å².